The minimum atomic E-state index is -0.982. The van der Waals surface area contributed by atoms with Crippen molar-refractivity contribution in [1.29, 1.82) is 0 Å². The van der Waals surface area contributed by atoms with E-state index in [1.54, 1.807) is 6.92 Å². The van der Waals surface area contributed by atoms with E-state index in [-0.39, 0.29) is 13.0 Å². The highest BCUT2D eigenvalue weighted by atomic mass is 16.4. The van der Waals surface area contributed by atoms with Gasteiger partial charge in [-0.15, -0.1) is 0 Å². The molecule has 7 heteroatoms. The highest BCUT2D eigenvalue weighted by Crippen LogP contribution is 2.34. The lowest BCUT2D eigenvalue weighted by Crippen LogP contribution is -2.46. The van der Waals surface area contributed by atoms with Gasteiger partial charge in [0.15, 0.2) is 0 Å². The number of hydrogen-bond acceptors (Lipinski definition) is 4. The molecular weight excluding hydrogens is 238 g/mol. The van der Waals surface area contributed by atoms with E-state index in [0.717, 1.165) is 0 Å². The van der Waals surface area contributed by atoms with Crippen molar-refractivity contribution >= 4 is 17.8 Å². The Morgan fingerprint density at radius 2 is 2.06 bits per heavy atom. The third-order valence-electron chi connectivity index (χ3n) is 3.53. The summed E-state index contributed by atoms with van der Waals surface area (Å²) in [4.78, 5) is 35.2. The fourth-order valence-electron chi connectivity index (χ4n) is 2.21. The van der Waals surface area contributed by atoms with Crippen molar-refractivity contribution in [3.63, 3.8) is 0 Å². The summed E-state index contributed by atoms with van der Waals surface area (Å²) in [7, 11) is 0. The molecule has 2 unspecified atom stereocenters. The van der Waals surface area contributed by atoms with Gasteiger partial charge in [-0.05, 0) is 12.8 Å². The first-order chi connectivity index (χ1) is 8.32. The predicted molar refractivity (Wildman–Crippen MR) is 63.3 cm³/mol. The van der Waals surface area contributed by atoms with Crippen LogP contribution < -0.4 is 11.5 Å². The second kappa shape index (κ2) is 5.34. The number of aliphatic carboxylic acids is 1. The van der Waals surface area contributed by atoms with E-state index in [2.05, 4.69) is 0 Å². The Kier molecular flexibility index (Phi) is 4.28. The van der Waals surface area contributed by atoms with E-state index in [4.69, 9.17) is 11.5 Å². The van der Waals surface area contributed by atoms with E-state index >= 15 is 0 Å². The molecule has 0 aromatic rings. The van der Waals surface area contributed by atoms with Crippen LogP contribution in [-0.2, 0) is 14.4 Å². The average Bonchev–Trinajstić information content (AvgIpc) is 2.72. The average molecular weight is 257 g/mol. The first-order valence-corrected chi connectivity index (χ1v) is 5.88. The summed E-state index contributed by atoms with van der Waals surface area (Å²) in [6.45, 7) is 2.28. The minimum absolute atomic E-state index is 0.143. The van der Waals surface area contributed by atoms with Gasteiger partial charge in [-0.2, -0.15) is 0 Å². The summed E-state index contributed by atoms with van der Waals surface area (Å²) < 4.78 is 0. The molecule has 1 fully saturated rings. The number of carbonyl (C=O) groups excluding carboxylic acids is 2. The lowest BCUT2D eigenvalue weighted by Gasteiger charge is -2.24. The maximum Gasteiger partial charge on any atom is 0.311 e. The van der Waals surface area contributed by atoms with Crippen molar-refractivity contribution in [2.75, 3.05) is 13.1 Å². The van der Waals surface area contributed by atoms with Gasteiger partial charge in [-0.25, -0.2) is 0 Å². The molecule has 1 aliphatic heterocycles. The van der Waals surface area contributed by atoms with Gasteiger partial charge in [0.05, 0.1) is 17.9 Å². The summed E-state index contributed by atoms with van der Waals surface area (Å²) in [6, 6.07) is -0.982. The molecule has 0 aromatic heterocycles. The summed E-state index contributed by atoms with van der Waals surface area (Å²) in [5.74, 6) is -1.95. The zero-order valence-electron chi connectivity index (χ0n) is 10.4. The first kappa shape index (κ1) is 14.4. The third-order valence-corrected chi connectivity index (χ3v) is 3.53. The fourth-order valence-corrected chi connectivity index (χ4v) is 2.21. The number of amides is 2. The summed E-state index contributed by atoms with van der Waals surface area (Å²) in [5.41, 5.74) is 9.65. The van der Waals surface area contributed by atoms with E-state index in [0.29, 0.717) is 19.4 Å². The Hall–Kier alpha value is -1.63. The largest absolute Gasteiger partial charge is 0.481 e. The Morgan fingerprint density at radius 1 is 1.44 bits per heavy atom. The van der Waals surface area contributed by atoms with E-state index in [1.807, 2.05) is 0 Å². The SMILES string of the molecule is CCC1(C(=O)O)CCN(C(=O)C(N)CC(N)=O)C1. The molecule has 0 bridgehead atoms. The Bertz CT molecular complexity index is 371. The maximum atomic E-state index is 11.9. The first-order valence-electron chi connectivity index (χ1n) is 5.88. The van der Waals surface area contributed by atoms with Crippen LogP contribution in [0.2, 0.25) is 0 Å². The molecule has 102 valence electrons. The number of carboxylic acids is 1. The van der Waals surface area contributed by atoms with Crippen molar-refractivity contribution in [3.05, 3.63) is 0 Å². The van der Waals surface area contributed by atoms with Gasteiger partial charge in [-0.1, -0.05) is 6.92 Å². The zero-order chi connectivity index (χ0) is 13.9. The molecule has 2 amide bonds. The van der Waals surface area contributed by atoms with Crippen LogP contribution in [0.1, 0.15) is 26.2 Å². The van der Waals surface area contributed by atoms with Crippen LogP contribution in [0.25, 0.3) is 0 Å². The van der Waals surface area contributed by atoms with Gasteiger partial charge in [-0.3, -0.25) is 14.4 Å². The van der Waals surface area contributed by atoms with Crippen molar-refractivity contribution in [2.24, 2.45) is 16.9 Å². The lowest BCUT2D eigenvalue weighted by molar-refractivity contribution is -0.149. The Balaban J connectivity index is 2.69. The second-order valence-electron chi connectivity index (χ2n) is 4.73. The summed E-state index contributed by atoms with van der Waals surface area (Å²) in [5, 5.41) is 9.20. The normalized spacial score (nSPS) is 24.9. The van der Waals surface area contributed by atoms with Gasteiger partial charge < -0.3 is 21.5 Å². The number of carboxylic acid groups (broad SMARTS) is 1. The number of likely N-dealkylation sites (tertiary alicyclic amines) is 1. The molecule has 0 aliphatic carbocycles. The van der Waals surface area contributed by atoms with E-state index in [1.165, 1.54) is 4.90 Å². The van der Waals surface area contributed by atoms with Gasteiger partial charge in [0.1, 0.15) is 0 Å². The molecule has 5 N–H and O–H groups in total. The van der Waals surface area contributed by atoms with Crippen LogP contribution >= 0.6 is 0 Å². The zero-order valence-corrected chi connectivity index (χ0v) is 10.4. The smallest absolute Gasteiger partial charge is 0.311 e. The van der Waals surface area contributed by atoms with E-state index in [9.17, 15) is 19.5 Å². The van der Waals surface area contributed by atoms with Crippen LogP contribution in [0.4, 0.5) is 0 Å². The van der Waals surface area contributed by atoms with Gasteiger partial charge in [0, 0.05) is 13.1 Å². The molecule has 7 nitrogen and oxygen atoms in total. The number of nitrogens with two attached hydrogens (primary N) is 2. The van der Waals surface area contributed by atoms with E-state index < -0.39 is 29.2 Å². The molecule has 0 aromatic carbocycles. The molecule has 0 spiro atoms. The highest BCUT2D eigenvalue weighted by Gasteiger charge is 2.45. The van der Waals surface area contributed by atoms with Crippen molar-refractivity contribution in [3.8, 4) is 0 Å². The van der Waals surface area contributed by atoms with Gasteiger partial charge in [0.25, 0.3) is 0 Å². The highest BCUT2D eigenvalue weighted by molar-refractivity contribution is 5.88. The molecule has 18 heavy (non-hydrogen) atoms. The van der Waals surface area contributed by atoms with Crippen molar-refractivity contribution in [2.45, 2.75) is 32.2 Å². The van der Waals surface area contributed by atoms with Gasteiger partial charge in [0.2, 0.25) is 11.8 Å². The van der Waals surface area contributed by atoms with Crippen LogP contribution in [0.3, 0.4) is 0 Å². The second-order valence-corrected chi connectivity index (χ2v) is 4.73. The number of hydrogen-bond donors (Lipinski definition) is 3. The molecule has 0 radical (unpaired) electrons. The van der Waals surface area contributed by atoms with Crippen LogP contribution in [0.5, 0.6) is 0 Å². The number of carbonyl (C=O) groups is 3. The number of rotatable bonds is 5. The topological polar surface area (TPSA) is 127 Å². The van der Waals surface area contributed by atoms with Crippen LogP contribution in [-0.4, -0.2) is 46.9 Å². The molecule has 1 rings (SSSR count). The fraction of sp³-hybridized carbons (Fsp3) is 0.727. The molecule has 0 saturated carbocycles. The number of primary amides is 1. The predicted octanol–water partition coefficient (Wildman–Crippen LogP) is -1.10. The maximum absolute atomic E-state index is 11.9. The summed E-state index contributed by atoms with van der Waals surface area (Å²) >= 11 is 0. The Morgan fingerprint density at radius 3 is 2.44 bits per heavy atom. The van der Waals surface area contributed by atoms with Crippen LogP contribution in [0.15, 0.2) is 0 Å². The van der Waals surface area contributed by atoms with Gasteiger partial charge >= 0.3 is 5.97 Å². The molecule has 1 aliphatic rings. The molecule has 2 atom stereocenters. The lowest BCUT2D eigenvalue weighted by atomic mass is 9.84. The third kappa shape index (κ3) is 2.79. The van der Waals surface area contributed by atoms with Crippen molar-refractivity contribution in [1.82, 2.24) is 4.90 Å². The quantitative estimate of drug-likeness (QED) is 0.576. The monoisotopic (exact) mass is 257 g/mol. The van der Waals surface area contributed by atoms with Crippen molar-refractivity contribution < 1.29 is 19.5 Å². The Labute approximate surface area is 105 Å². The molecule has 1 heterocycles. The minimum Gasteiger partial charge on any atom is -0.481 e. The standard InChI is InChI=1S/C11H19N3O4/c1-2-11(10(17)18)3-4-14(6-11)9(16)7(12)5-8(13)15/h7H,2-6,12H2,1H3,(H2,13,15)(H,17,18). The molecule has 1 saturated heterocycles. The number of nitrogens with zero attached hydrogens (tertiary/aromatic N) is 1. The molecular formula is C11H19N3O4. The van der Waals surface area contributed by atoms with Crippen LogP contribution in [0, 0.1) is 5.41 Å². The summed E-state index contributed by atoms with van der Waals surface area (Å²) in [6.07, 6.45) is 0.645.